The fraction of sp³-hybridized carbons (Fsp3) is 0.600. The predicted octanol–water partition coefficient (Wildman–Crippen LogP) is 1.50. The Morgan fingerprint density at radius 1 is 1.17 bits per heavy atom. The summed E-state index contributed by atoms with van der Waals surface area (Å²) < 4.78 is 32.3. The smallest absolute Gasteiger partial charge is 0.240 e. The maximum atomic E-state index is 12.2. The second kappa shape index (κ2) is 11.9. The first-order valence-corrected chi connectivity index (χ1v) is 9.26. The van der Waals surface area contributed by atoms with Crippen molar-refractivity contribution in [3.05, 3.63) is 24.3 Å². The number of sulfonamides is 1. The highest BCUT2D eigenvalue weighted by molar-refractivity contribution is 7.89. The van der Waals surface area contributed by atoms with Crippen LogP contribution in [0.3, 0.4) is 0 Å². The van der Waals surface area contributed by atoms with Gasteiger partial charge in [0, 0.05) is 32.7 Å². The maximum Gasteiger partial charge on any atom is 0.240 e. The van der Waals surface area contributed by atoms with Crippen LogP contribution in [0.1, 0.15) is 13.3 Å². The van der Waals surface area contributed by atoms with Crippen molar-refractivity contribution < 1.29 is 13.2 Å². The van der Waals surface area contributed by atoms with Crippen LogP contribution in [0.2, 0.25) is 0 Å². The molecule has 1 saturated heterocycles. The van der Waals surface area contributed by atoms with Crippen molar-refractivity contribution in [3.63, 3.8) is 0 Å². The molecule has 2 N–H and O–H groups in total. The molecule has 9 heteroatoms. The van der Waals surface area contributed by atoms with E-state index in [1.165, 1.54) is 0 Å². The lowest BCUT2D eigenvalue weighted by Gasteiger charge is -2.27. The number of ether oxygens (including phenoxy) is 1. The Morgan fingerprint density at radius 3 is 2.38 bits per heavy atom. The van der Waals surface area contributed by atoms with Gasteiger partial charge in [0.05, 0.1) is 11.5 Å². The van der Waals surface area contributed by atoms with Gasteiger partial charge in [-0.3, -0.25) is 0 Å². The number of nitrogens with zero attached hydrogens (tertiary/aromatic N) is 1. The van der Waals surface area contributed by atoms with Crippen molar-refractivity contribution in [2.24, 2.45) is 0 Å². The van der Waals surface area contributed by atoms with Crippen LogP contribution < -0.4 is 14.8 Å². The van der Waals surface area contributed by atoms with Gasteiger partial charge in [-0.15, -0.1) is 24.8 Å². The van der Waals surface area contributed by atoms with Gasteiger partial charge in [-0.05, 0) is 44.2 Å². The molecule has 0 bridgehead atoms. The average Bonchev–Trinajstić information content (AvgIpc) is 2.53. The van der Waals surface area contributed by atoms with Crippen molar-refractivity contribution in [2.45, 2.75) is 18.2 Å². The zero-order chi connectivity index (χ0) is 15.8. The summed E-state index contributed by atoms with van der Waals surface area (Å²) in [6.45, 7) is 7.93. The van der Waals surface area contributed by atoms with Crippen LogP contribution in [0.15, 0.2) is 29.2 Å². The van der Waals surface area contributed by atoms with Crippen LogP contribution in [0.4, 0.5) is 0 Å². The molecule has 24 heavy (non-hydrogen) atoms. The second-order valence-electron chi connectivity index (χ2n) is 5.25. The molecule has 0 aromatic heterocycles. The van der Waals surface area contributed by atoms with Gasteiger partial charge in [-0.1, -0.05) is 0 Å². The molecule has 1 aromatic carbocycles. The van der Waals surface area contributed by atoms with Gasteiger partial charge in [0.25, 0.3) is 0 Å². The molecular formula is C15H27Cl2N3O3S. The highest BCUT2D eigenvalue weighted by atomic mass is 35.5. The van der Waals surface area contributed by atoms with Crippen molar-refractivity contribution >= 4 is 34.8 Å². The molecule has 2 rings (SSSR count). The topological polar surface area (TPSA) is 70.7 Å². The van der Waals surface area contributed by atoms with Crippen LogP contribution >= 0.6 is 24.8 Å². The Bertz CT molecular complexity index is 550. The van der Waals surface area contributed by atoms with Gasteiger partial charge in [0.15, 0.2) is 0 Å². The molecule has 0 spiro atoms. The number of halogens is 2. The van der Waals surface area contributed by atoms with Gasteiger partial charge in [-0.25, -0.2) is 13.1 Å². The zero-order valence-electron chi connectivity index (χ0n) is 13.9. The van der Waals surface area contributed by atoms with E-state index in [4.69, 9.17) is 4.74 Å². The van der Waals surface area contributed by atoms with E-state index in [0.29, 0.717) is 18.9 Å². The fourth-order valence-electron chi connectivity index (χ4n) is 2.41. The lowest BCUT2D eigenvalue weighted by Crippen LogP contribution is -2.44. The number of hydrogen-bond acceptors (Lipinski definition) is 5. The van der Waals surface area contributed by atoms with Crippen LogP contribution in [0.25, 0.3) is 0 Å². The van der Waals surface area contributed by atoms with Crippen LogP contribution in [0, 0.1) is 0 Å². The lowest BCUT2D eigenvalue weighted by molar-refractivity contribution is 0.239. The molecule has 0 amide bonds. The third kappa shape index (κ3) is 7.55. The summed E-state index contributed by atoms with van der Waals surface area (Å²) in [5, 5.41) is 3.30. The molecular weight excluding hydrogens is 373 g/mol. The average molecular weight is 400 g/mol. The summed E-state index contributed by atoms with van der Waals surface area (Å²) in [7, 11) is -3.43. The standard InChI is InChI=1S/C15H25N3O3S.2ClH/c1-2-21-14-4-6-15(7-5-14)22(19,20)17-8-3-11-18-12-9-16-10-13-18;;/h4-7,16-17H,2-3,8-13H2,1H3;2*1H. The van der Waals surface area contributed by atoms with E-state index in [0.717, 1.165) is 39.1 Å². The molecule has 1 aliphatic heterocycles. The summed E-state index contributed by atoms with van der Waals surface area (Å²) in [6, 6.07) is 6.50. The van der Waals surface area contributed by atoms with Crippen molar-refractivity contribution in [2.75, 3.05) is 45.9 Å². The van der Waals surface area contributed by atoms with Crippen molar-refractivity contribution in [1.82, 2.24) is 14.9 Å². The summed E-state index contributed by atoms with van der Waals surface area (Å²) in [5.41, 5.74) is 0. The van der Waals surface area contributed by atoms with Gasteiger partial charge in [0.1, 0.15) is 5.75 Å². The van der Waals surface area contributed by atoms with E-state index >= 15 is 0 Å². The highest BCUT2D eigenvalue weighted by Gasteiger charge is 2.14. The van der Waals surface area contributed by atoms with E-state index in [1.807, 2.05) is 6.92 Å². The zero-order valence-corrected chi connectivity index (χ0v) is 16.3. The van der Waals surface area contributed by atoms with E-state index in [1.54, 1.807) is 24.3 Å². The normalized spacial score (nSPS) is 15.2. The van der Waals surface area contributed by atoms with Crippen molar-refractivity contribution in [1.29, 1.82) is 0 Å². The summed E-state index contributed by atoms with van der Waals surface area (Å²) in [5.74, 6) is 0.681. The SMILES string of the molecule is CCOc1ccc(S(=O)(=O)NCCCN2CCNCC2)cc1.Cl.Cl. The Kier molecular flexibility index (Phi) is 11.6. The Labute approximate surface area is 157 Å². The minimum atomic E-state index is -3.43. The summed E-state index contributed by atoms with van der Waals surface area (Å²) in [4.78, 5) is 2.62. The van der Waals surface area contributed by atoms with Crippen LogP contribution in [0.5, 0.6) is 5.75 Å². The molecule has 0 atom stereocenters. The van der Waals surface area contributed by atoms with Crippen molar-refractivity contribution in [3.8, 4) is 5.75 Å². The Morgan fingerprint density at radius 2 is 1.79 bits per heavy atom. The summed E-state index contributed by atoms with van der Waals surface area (Å²) in [6.07, 6.45) is 0.816. The first-order chi connectivity index (χ1) is 10.6. The molecule has 1 fully saturated rings. The van der Waals surface area contributed by atoms with Gasteiger partial charge in [-0.2, -0.15) is 0 Å². The van der Waals surface area contributed by atoms with E-state index in [2.05, 4.69) is 14.9 Å². The molecule has 140 valence electrons. The first kappa shape index (κ1) is 23.4. The van der Waals surface area contributed by atoms with Gasteiger partial charge >= 0.3 is 0 Å². The van der Waals surface area contributed by atoms with Gasteiger partial charge in [0.2, 0.25) is 10.0 Å². The monoisotopic (exact) mass is 399 g/mol. The van der Waals surface area contributed by atoms with E-state index in [-0.39, 0.29) is 29.7 Å². The molecule has 0 aliphatic carbocycles. The fourth-order valence-corrected chi connectivity index (χ4v) is 3.48. The minimum Gasteiger partial charge on any atom is -0.494 e. The molecule has 1 aromatic rings. The second-order valence-corrected chi connectivity index (χ2v) is 7.01. The number of piperazine rings is 1. The molecule has 0 radical (unpaired) electrons. The quantitative estimate of drug-likeness (QED) is 0.648. The van der Waals surface area contributed by atoms with Crippen LogP contribution in [-0.2, 0) is 10.0 Å². The maximum absolute atomic E-state index is 12.2. The molecule has 0 saturated carbocycles. The summed E-state index contributed by atoms with van der Waals surface area (Å²) >= 11 is 0. The van der Waals surface area contributed by atoms with E-state index in [9.17, 15) is 8.42 Å². The molecule has 0 unspecified atom stereocenters. The molecule has 1 heterocycles. The number of nitrogens with one attached hydrogen (secondary N) is 2. The highest BCUT2D eigenvalue weighted by Crippen LogP contribution is 2.15. The third-order valence-corrected chi connectivity index (χ3v) is 5.07. The van der Waals surface area contributed by atoms with Crippen LogP contribution in [-0.4, -0.2) is 59.2 Å². The lowest BCUT2D eigenvalue weighted by atomic mass is 10.3. The Hall–Kier alpha value is -0.570. The predicted molar refractivity (Wildman–Crippen MR) is 101 cm³/mol. The number of rotatable bonds is 8. The van der Waals surface area contributed by atoms with E-state index < -0.39 is 10.0 Å². The molecule has 6 nitrogen and oxygen atoms in total. The molecule has 1 aliphatic rings. The minimum absolute atomic E-state index is 0. The number of hydrogen-bond donors (Lipinski definition) is 2. The Balaban J connectivity index is 0.00000264. The third-order valence-electron chi connectivity index (χ3n) is 3.60. The first-order valence-electron chi connectivity index (χ1n) is 7.77. The largest absolute Gasteiger partial charge is 0.494 e. The number of benzene rings is 1. The van der Waals surface area contributed by atoms with Gasteiger partial charge < -0.3 is 15.0 Å².